The number of rotatable bonds is 4. The summed E-state index contributed by atoms with van der Waals surface area (Å²) in [5.74, 6) is 1.20. The second-order valence-electron chi connectivity index (χ2n) is 3.65. The van der Waals surface area contributed by atoms with Crippen LogP contribution in [0, 0.1) is 0 Å². The van der Waals surface area contributed by atoms with E-state index in [-0.39, 0.29) is 0 Å². The first-order valence-electron chi connectivity index (χ1n) is 5.57. The Hall–Kier alpha value is -2.01. The molecule has 0 radical (unpaired) electrons. The fourth-order valence-electron chi connectivity index (χ4n) is 1.47. The zero-order valence-electron chi connectivity index (χ0n) is 9.94. The minimum atomic E-state index is 0.495. The summed E-state index contributed by atoms with van der Waals surface area (Å²) in [5, 5.41) is 6.88. The van der Waals surface area contributed by atoms with Crippen molar-refractivity contribution >= 4 is 34.6 Å². The number of nitrogens with one attached hydrogen (secondary N) is 2. The quantitative estimate of drug-likeness (QED) is 0.791. The van der Waals surface area contributed by atoms with Gasteiger partial charge in [-0.3, -0.25) is 0 Å². The van der Waals surface area contributed by atoms with Gasteiger partial charge in [-0.2, -0.15) is 0 Å². The van der Waals surface area contributed by atoms with Crippen LogP contribution >= 0.6 is 11.6 Å². The Morgan fingerprint density at radius 1 is 1.17 bits per heavy atom. The Morgan fingerprint density at radius 2 is 1.83 bits per heavy atom. The molecule has 2 rings (SSSR count). The molecule has 18 heavy (non-hydrogen) atoms. The maximum Gasteiger partial charge on any atom is 0.159 e. The predicted octanol–water partition coefficient (Wildman–Crippen LogP) is 2.89. The van der Waals surface area contributed by atoms with E-state index in [1.807, 2.05) is 19.1 Å². The summed E-state index contributed by atoms with van der Waals surface area (Å²) in [4.78, 5) is 8.19. The Bertz CT molecular complexity index is 526. The number of hydrogen-bond acceptors (Lipinski definition) is 5. The number of halogens is 1. The summed E-state index contributed by atoms with van der Waals surface area (Å²) < 4.78 is 0. The summed E-state index contributed by atoms with van der Waals surface area (Å²) in [6.07, 6.45) is 1.46. The normalized spacial score (nSPS) is 10.1. The van der Waals surface area contributed by atoms with E-state index in [0.717, 1.165) is 12.2 Å². The summed E-state index contributed by atoms with van der Waals surface area (Å²) in [7, 11) is 0. The molecule has 0 saturated heterocycles. The number of anilines is 4. The van der Waals surface area contributed by atoms with Gasteiger partial charge in [0.1, 0.15) is 12.0 Å². The van der Waals surface area contributed by atoms with Gasteiger partial charge in [-0.05, 0) is 31.2 Å². The van der Waals surface area contributed by atoms with Gasteiger partial charge in [0.2, 0.25) is 0 Å². The van der Waals surface area contributed by atoms with Crippen LogP contribution in [0.2, 0.25) is 5.02 Å². The van der Waals surface area contributed by atoms with Crippen LogP contribution in [0.25, 0.3) is 0 Å². The molecule has 0 aliphatic carbocycles. The fourth-order valence-corrected chi connectivity index (χ4v) is 1.60. The highest BCUT2D eigenvalue weighted by atomic mass is 35.5. The van der Waals surface area contributed by atoms with Gasteiger partial charge in [-0.15, -0.1) is 0 Å². The number of nitrogens with two attached hydrogens (primary N) is 1. The molecule has 0 spiro atoms. The third-order valence-electron chi connectivity index (χ3n) is 2.34. The third kappa shape index (κ3) is 2.81. The van der Waals surface area contributed by atoms with E-state index in [1.165, 1.54) is 6.33 Å². The standard InChI is InChI=1S/C12H14ClN5/c1-2-15-11-10(14)12(17-7-16-11)18-9-5-3-8(13)4-6-9/h3-7H,2,14H2,1H3,(H2,15,16,17,18). The van der Waals surface area contributed by atoms with Gasteiger partial charge in [0.25, 0.3) is 0 Å². The summed E-state index contributed by atoms with van der Waals surface area (Å²) in [6, 6.07) is 7.31. The lowest BCUT2D eigenvalue weighted by atomic mass is 10.3. The van der Waals surface area contributed by atoms with Crippen LogP contribution in [0.3, 0.4) is 0 Å². The lowest BCUT2D eigenvalue weighted by Crippen LogP contribution is -2.07. The van der Waals surface area contributed by atoms with E-state index >= 15 is 0 Å². The van der Waals surface area contributed by atoms with Crippen molar-refractivity contribution in [2.24, 2.45) is 0 Å². The van der Waals surface area contributed by atoms with Gasteiger partial charge in [0.05, 0.1) is 0 Å². The first-order chi connectivity index (χ1) is 8.70. The molecule has 0 amide bonds. The zero-order valence-corrected chi connectivity index (χ0v) is 10.7. The van der Waals surface area contributed by atoms with Crippen molar-refractivity contribution in [3.63, 3.8) is 0 Å². The van der Waals surface area contributed by atoms with Crippen LogP contribution in [-0.4, -0.2) is 16.5 Å². The molecular formula is C12H14ClN5. The Balaban J connectivity index is 2.23. The Morgan fingerprint density at radius 3 is 2.50 bits per heavy atom. The zero-order chi connectivity index (χ0) is 13.0. The van der Waals surface area contributed by atoms with E-state index in [9.17, 15) is 0 Å². The molecule has 0 aliphatic heterocycles. The largest absolute Gasteiger partial charge is 0.393 e. The smallest absolute Gasteiger partial charge is 0.159 e. The van der Waals surface area contributed by atoms with Crippen LogP contribution in [0.4, 0.5) is 23.0 Å². The van der Waals surface area contributed by atoms with E-state index in [0.29, 0.717) is 22.3 Å². The molecule has 2 aromatic rings. The first-order valence-corrected chi connectivity index (χ1v) is 5.95. The molecule has 94 valence electrons. The molecule has 6 heteroatoms. The molecule has 0 atom stereocenters. The molecule has 5 nitrogen and oxygen atoms in total. The van der Waals surface area contributed by atoms with Crippen molar-refractivity contribution in [3.8, 4) is 0 Å². The second kappa shape index (κ2) is 5.55. The van der Waals surface area contributed by atoms with Crippen molar-refractivity contribution in [1.82, 2.24) is 9.97 Å². The van der Waals surface area contributed by atoms with Gasteiger partial charge in [0.15, 0.2) is 11.6 Å². The minimum Gasteiger partial charge on any atom is -0.393 e. The lowest BCUT2D eigenvalue weighted by molar-refractivity contribution is 1.12. The molecule has 1 aromatic heterocycles. The van der Waals surface area contributed by atoms with Gasteiger partial charge >= 0.3 is 0 Å². The van der Waals surface area contributed by atoms with E-state index in [4.69, 9.17) is 17.3 Å². The number of hydrogen-bond donors (Lipinski definition) is 3. The van der Waals surface area contributed by atoms with Crippen LogP contribution in [0.1, 0.15) is 6.92 Å². The average molecular weight is 264 g/mol. The van der Waals surface area contributed by atoms with Crippen LogP contribution in [-0.2, 0) is 0 Å². The third-order valence-corrected chi connectivity index (χ3v) is 2.59. The molecule has 0 saturated carbocycles. The SMILES string of the molecule is CCNc1ncnc(Nc2ccc(Cl)cc2)c1N. The van der Waals surface area contributed by atoms with Crippen LogP contribution < -0.4 is 16.4 Å². The fraction of sp³-hybridized carbons (Fsp3) is 0.167. The van der Waals surface area contributed by atoms with Crippen molar-refractivity contribution in [1.29, 1.82) is 0 Å². The highest BCUT2D eigenvalue weighted by Gasteiger charge is 2.07. The lowest BCUT2D eigenvalue weighted by Gasteiger charge is -2.11. The molecule has 0 bridgehead atoms. The van der Waals surface area contributed by atoms with E-state index < -0.39 is 0 Å². The maximum atomic E-state index is 5.97. The summed E-state index contributed by atoms with van der Waals surface area (Å²) in [6.45, 7) is 2.73. The number of benzene rings is 1. The topological polar surface area (TPSA) is 75.9 Å². The van der Waals surface area contributed by atoms with Crippen molar-refractivity contribution in [3.05, 3.63) is 35.6 Å². The van der Waals surface area contributed by atoms with Gasteiger partial charge < -0.3 is 16.4 Å². The Kier molecular flexibility index (Phi) is 3.84. The predicted molar refractivity (Wildman–Crippen MR) is 75.3 cm³/mol. The van der Waals surface area contributed by atoms with Crippen LogP contribution in [0.15, 0.2) is 30.6 Å². The molecule has 0 fully saturated rings. The molecule has 4 N–H and O–H groups in total. The van der Waals surface area contributed by atoms with Gasteiger partial charge in [-0.25, -0.2) is 9.97 Å². The summed E-state index contributed by atoms with van der Waals surface area (Å²) >= 11 is 5.82. The maximum absolute atomic E-state index is 5.97. The average Bonchev–Trinajstić information content (AvgIpc) is 2.37. The molecule has 1 heterocycles. The highest BCUT2D eigenvalue weighted by molar-refractivity contribution is 6.30. The van der Waals surface area contributed by atoms with Crippen LogP contribution in [0.5, 0.6) is 0 Å². The number of nitrogens with zero attached hydrogens (tertiary/aromatic N) is 2. The Labute approximate surface area is 110 Å². The van der Waals surface area contributed by atoms with Crippen molar-refractivity contribution < 1.29 is 0 Å². The van der Waals surface area contributed by atoms with Gasteiger partial charge in [0, 0.05) is 17.3 Å². The van der Waals surface area contributed by atoms with Crippen molar-refractivity contribution in [2.45, 2.75) is 6.92 Å². The highest BCUT2D eigenvalue weighted by Crippen LogP contribution is 2.26. The summed E-state index contributed by atoms with van der Waals surface area (Å²) in [5.41, 5.74) is 7.33. The first kappa shape index (κ1) is 12.4. The number of nitrogen functional groups attached to an aromatic ring is 1. The monoisotopic (exact) mass is 263 g/mol. The number of aromatic nitrogens is 2. The molecule has 0 unspecified atom stereocenters. The second-order valence-corrected chi connectivity index (χ2v) is 4.08. The minimum absolute atomic E-state index is 0.495. The molecule has 1 aromatic carbocycles. The van der Waals surface area contributed by atoms with E-state index in [2.05, 4.69) is 20.6 Å². The van der Waals surface area contributed by atoms with E-state index in [1.54, 1.807) is 12.1 Å². The van der Waals surface area contributed by atoms with Crippen molar-refractivity contribution in [2.75, 3.05) is 22.9 Å². The molecule has 0 aliphatic rings. The van der Waals surface area contributed by atoms with Gasteiger partial charge in [-0.1, -0.05) is 11.6 Å². The molecular weight excluding hydrogens is 250 g/mol.